The summed E-state index contributed by atoms with van der Waals surface area (Å²) in [6.07, 6.45) is 0.839. The highest BCUT2D eigenvalue weighted by atomic mass is 35.5. The van der Waals surface area contributed by atoms with E-state index in [0.29, 0.717) is 32.6 Å². The summed E-state index contributed by atoms with van der Waals surface area (Å²) in [7, 11) is 0. The first-order valence-electron chi connectivity index (χ1n) is 11.6. The molecular formula is C24H26Cl2N6O5. The molecule has 13 heteroatoms. The minimum atomic E-state index is -1.41. The number of benzene rings is 2. The molecule has 5 N–H and O–H groups in total. The van der Waals surface area contributed by atoms with Crippen molar-refractivity contribution in [2.24, 2.45) is 0 Å². The molecule has 0 aromatic heterocycles. The van der Waals surface area contributed by atoms with E-state index in [1.807, 2.05) is 35.2 Å². The van der Waals surface area contributed by atoms with Gasteiger partial charge in [0.05, 0.1) is 28.9 Å². The predicted octanol–water partition coefficient (Wildman–Crippen LogP) is 2.71. The Balaban J connectivity index is 1.32. The highest BCUT2D eigenvalue weighted by Crippen LogP contribution is 2.36. The Hall–Kier alpha value is -3.70. The number of nitrogens with one attached hydrogen (secondary N) is 4. The Morgan fingerprint density at radius 2 is 1.68 bits per heavy atom. The maximum atomic E-state index is 12.8. The Morgan fingerprint density at radius 1 is 1.03 bits per heavy atom. The number of carbonyl (C=O) groups excluding carboxylic acids is 3. The quantitative estimate of drug-likeness (QED) is 0.375. The zero-order chi connectivity index (χ0) is 26.6. The Morgan fingerprint density at radius 3 is 2.30 bits per heavy atom. The van der Waals surface area contributed by atoms with Gasteiger partial charge in [-0.05, 0) is 37.1 Å². The summed E-state index contributed by atoms with van der Waals surface area (Å²) in [6.45, 7) is 0.650. The third kappa shape index (κ3) is 5.67. The number of carboxylic acids is 1. The molecule has 0 radical (unpaired) electrons. The van der Waals surface area contributed by atoms with Crippen molar-refractivity contribution >= 4 is 58.5 Å². The number of halogens is 2. The number of piperidine rings is 1. The topological polar surface area (TPSA) is 143 Å². The van der Waals surface area contributed by atoms with E-state index in [-0.39, 0.29) is 28.2 Å². The van der Waals surface area contributed by atoms with E-state index < -0.39 is 29.6 Å². The van der Waals surface area contributed by atoms with Gasteiger partial charge in [0.2, 0.25) is 5.91 Å². The number of urea groups is 2. The number of anilines is 2. The van der Waals surface area contributed by atoms with E-state index in [1.54, 1.807) is 6.07 Å². The van der Waals surface area contributed by atoms with Gasteiger partial charge in [-0.1, -0.05) is 47.5 Å². The van der Waals surface area contributed by atoms with E-state index in [0.717, 1.165) is 5.69 Å². The number of carbonyl (C=O) groups is 4. The summed E-state index contributed by atoms with van der Waals surface area (Å²) in [6, 6.07) is 11.5. The van der Waals surface area contributed by atoms with Gasteiger partial charge < -0.3 is 36.2 Å². The molecule has 2 aromatic carbocycles. The molecule has 5 amide bonds. The summed E-state index contributed by atoms with van der Waals surface area (Å²) < 4.78 is 0. The lowest BCUT2D eigenvalue weighted by Crippen LogP contribution is -2.59. The monoisotopic (exact) mass is 548 g/mol. The van der Waals surface area contributed by atoms with Crippen LogP contribution in [0.2, 0.25) is 10.0 Å². The van der Waals surface area contributed by atoms with Gasteiger partial charge in [-0.3, -0.25) is 4.79 Å². The lowest BCUT2D eigenvalue weighted by atomic mass is 9.85. The van der Waals surface area contributed by atoms with Crippen LogP contribution in [0.1, 0.15) is 12.8 Å². The van der Waals surface area contributed by atoms with Crippen LogP contribution in [-0.2, 0) is 9.59 Å². The second kappa shape index (κ2) is 11.1. The van der Waals surface area contributed by atoms with Crippen molar-refractivity contribution in [3.63, 3.8) is 0 Å². The number of carboxylic acid groups (broad SMARTS) is 1. The van der Waals surface area contributed by atoms with Crippen LogP contribution >= 0.6 is 23.2 Å². The number of nitrogens with zero attached hydrogens (tertiary/aromatic N) is 2. The number of hydrogen-bond donors (Lipinski definition) is 5. The number of para-hydroxylation sites is 2. The summed E-state index contributed by atoms with van der Waals surface area (Å²) in [4.78, 5) is 53.1. The van der Waals surface area contributed by atoms with Crippen LogP contribution in [0.15, 0.2) is 48.5 Å². The van der Waals surface area contributed by atoms with Crippen molar-refractivity contribution in [1.29, 1.82) is 0 Å². The third-order valence-corrected chi connectivity index (χ3v) is 7.17. The van der Waals surface area contributed by atoms with Crippen molar-refractivity contribution in [2.45, 2.75) is 24.4 Å². The number of amides is 5. The Labute approximate surface area is 223 Å². The molecule has 0 aliphatic carbocycles. The SMILES string of the molecule is O=C(Nc1c(Cl)cccc1Cl)NC(CNC(=O)N1CCC2(CC1)C(=O)NCN2c1ccccc1)C(=O)O. The number of rotatable bonds is 6. The third-order valence-electron chi connectivity index (χ3n) is 6.54. The summed E-state index contributed by atoms with van der Waals surface area (Å²) >= 11 is 12.1. The smallest absolute Gasteiger partial charge is 0.328 e. The van der Waals surface area contributed by atoms with E-state index in [9.17, 15) is 24.3 Å². The van der Waals surface area contributed by atoms with E-state index >= 15 is 0 Å². The normalized spacial score (nSPS) is 17.2. The molecule has 2 heterocycles. The van der Waals surface area contributed by atoms with Crippen LogP contribution in [0.5, 0.6) is 0 Å². The van der Waals surface area contributed by atoms with Gasteiger partial charge in [0.25, 0.3) is 0 Å². The molecule has 2 aliphatic rings. The minimum absolute atomic E-state index is 0.0730. The van der Waals surface area contributed by atoms with Gasteiger partial charge in [-0.15, -0.1) is 0 Å². The highest BCUT2D eigenvalue weighted by molar-refractivity contribution is 6.39. The molecule has 37 heavy (non-hydrogen) atoms. The van der Waals surface area contributed by atoms with Crippen molar-refractivity contribution in [1.82, 2.24) is 20.9 Å². The van der Waals surface area contributed by atoms with Gasteiger partial charge in [0.15, 0.2) is 0 Å². The summed E-state index contributed by atoms with van der Waals surface area (Å²) in [5, 5.41) is 20.1. The van der Waals surface area contributed by atoms with Crippen molar-refractivity contribution in [3.05, 3.63) is 58.6 Å². The predicted molar refractivity (Wildman–Crippen MR) is 139 cm³/mol. The molecule has 4 rings (SSSR count). The van der Waals surface area contributed by atoms with Crippen molar-refractivity contribution in [2.75, 3.05) is 36.5 Å². The molecule has 2 saturated heterocycles. The van der Waals surface area contributed by atoms with E-state index in [1.165, 1.54) is 17.0 Å². The molecule has 196 valence electrons. The zero-order valence-electron chi connectivity index (χ0n) is 19.7. The first kappa shape index (κ1) is 26.4. The molecule has 1 spiro atoms. The average molecular weight is 549 g/mol. The number of aliphatic carboxylic acids is 1. The van der Waals surface area contributed by atoms with Gasteiger partial charge in [-0.25, -0.2) is 14.4 Å². The molecule has 1 unspecified atom stereocenters. The van der Waals surface area contributed by atoms with Crippen LogP contribution < -0.4 is 26.2 Å². The van der Waals surface area contributed by atoms with Gasteiger partial charge in [0.1, 0.15) is 11.6 Å². The highest BCUT2D eigenvalue weighted by Gasteiger charge is 2.50. The van der Waals surface area contributed by atoms with Gasteiger partial charge >= 0.3 is 18.0 Å². The molecule has 0 bridgehead atoms. The molecule has 1 atom stereocenters. The molecule has 11 nitrogen and oxygen atoms in total. The van der Waals surface area contributed by atoms with E-state index in [2.05, 4.69) is 21.3 Å². The summed E-state index contributed by atoms with van der Waals surface area (Å²) in [5.41, 5.74) is 0.311. The van der Waals surface area contributed by atoms with Gasteiger partial charge in [0, 0.05) is 18.8 Å². The molecule has 0 saturated carbocycles. The average Bonchev–Trinajstić information content (AvgIpc) is 3.19. The standard InChI is InChI=1S/C24H26Cl2N6O5/c25-16-7-4-8-17(26)19(16)30-22(36)29-18(20(33)34)13-27-23(37)31-11-9-24(10-12-31)21(35)28-14-32(24)15-5-2-1-3-6-15/h1-8,18H,9-14H2,(H,27,37)(H,28,35)(H,33,34)(H2,29,30,36). The Bertz CT molecular complexity index is 1170. The van der Waals surface area contributed by atoms with E-state index in [4.69, 9.17) is 23.2 Å². The maximum Gasteiger partial charge on any atom is 0.328 e. The van der Waals surface area contributed by atoms with Gasteiger partial charge in [-0.2, -0.15) is 0 Å². The fourth-order valence-electron chi connectivity index (χ4n) is 4.54. The first-order chi connectivity index (χ1) is 17.7. The molecule has 2 fully saturated rings. The second-order valence-electron chi connectivity index (χ2n) is 8.72. The Kier molecular flexibility index (Phi) is 7.94. The summed E-state index contributed by atoms with van der Waals surface area (Å²) in [5.74, 6) is -1.41. The zero-order valence-corrected chi connectivity index (χ0v) is 21.2. The molecule has 2 aliphatic heterocycles. The first-order valence-corrected chi connectivity index (χ1v) is 12.3. The van der Waals surface area contributed by atoms with Crippen LogP contribution in [0.3, 0.4) is 0 Å². The van der Waals surface area contributed by atoms with Crippen LogP contribution in [0, 0.1) is 0 Å². The van der Waals surface area contributed by atoms with Crippen LogP contribution in [0.25, 0.3) is 0 Å². The lowest BCUT2D eigenvalue weighted by molar-refractivity contribution is -0.139. The molecular weight excluding hydrogens is 523 g/mol. The second-order valence-corrected chi connectivity index (χ2v) is 9.53. The number of hydrogen-bond acceptors (Lipinski definition) is 5. The minimum Gasteiger partial charge on any atom is -0.480 e. The molecule has 2 aromatic rings. The fourth-order valence-corrected chi connectivity index (χ4v) is 5.03. The van der Waals surface area contributed by atoms with Crippen molar-refractivity contribution in [3.8, 4) is 0 Å². The van der Waals surface area contributed by atoms with Crippen molar-refractivity contribution < 1.29 is 24.3 Å². The fraction of sp³-hybridized carbons (Fsp3) is 0.333. The maximum absolute atomic E-state index is 12.8. The largest absolute Gasteiger partial charge is 0.480 e. The van der Waals surface area contributed by atoms with Crippen LogP contribution in [0.4, 0.5) is 21.0 Å². The lowest BCUT2D eigenvalue weighted by Gasteiger charge is -2.43. The van der Waals surface area contributed by atoms with Crippen LogP contribution in [-0.4, -0.2) is 71.8 Å². The number of likely N-dealkylation sites (tertiary alicyclic amines) is 1.